The number of aromatic carboxylic acids is 1. The number of nitrogens with zero attached hydrogens (tertiary/aromatic N) is 1. The van der Waals surface area contributed by atoms with Gasteiger partial charge in [-0.25, -0.2) is 4.79 Å². The van der Waals surface area contributed by atoms with Gasteiger partial charge in [-0.1, -0.05) is 0 Å². The molecule has 2 rings (SSSR count). The standard InChI is InChI=1S/C12H12BrNO2S/c1-7-3-4-11(17-7)8(2)14-6-9(13)5-10(14)12(15)16/h3-6,8H,1-2H3,(H,15,16). The quantitative estimate of drug-likeness (QED) is 0.933. The fourth-order valence-corrected chi connectivity index (χ4v) is 3.12. The molecular formula is C12H12BrNO2S. The maximum atomic E-state index is 11.1. The Balaban J connectivity index is 2.43. The van der Waals surface area contributed by atoms with E-state index >= 15 is 0 Å². The van der Waals surface area contributed by atoms with Crippen molar-refractivity contribution < 1.29 is 9.90 Å². The van der Waals surface area contributed by atoms with Crippen molar-refractivity contribution in [1.29, 1.82) is 0 Å². The largest absolute Gasteiger partial charge is 0.477 e. The summed E-state index contributed by atoms with van der Waals surface area (Å²) < 4.78 is 2.56. The van der Waals surface area contributed by atoms with Crippen LogP contribution in [0.25, 0.3) is 0 Å². The molecule has 3 nitrogen and oxygen atoms in total. The van der Waals surface area contributed by atoms with Crippen molar-refractivity contribution in [1.82, 2.24) is 4.57 Å². The Kier molecular flexibility index (Phi) is 3.40. The molecular weight excluding hydrogens is 302 g/mol. The van der Waals surface area contributed by atoms with E-state index in [2.05, 4.69) is 22.0 Å². The number of aromatic nitrogens is 1. The van der Waals surface area contributed by atoms with Crippen molar-refractivity contribution in [3.05, 3.63) is 44.3 Å². The Labute approximate surface area is 112 Å². The van der Waals surface area contributed by atoms with Gasteiger partial charge in [0.05, 0.1) is 6.04 Å². The summed E-state index contributed by atoms with van der Waals surface area (Å²) in [5.41, 5.74) is 0.301. The molecule has 0 saturated carbocycles. The third-order valence-electron chi connectivity index (χ3n) is 2.62. The summed E-state index contributed by atoms with van der Waals surface area (Å²) in [6.45, 7) is 4.05. The van der Waals surface area contributed by atoms with Crippen LogP contribution in [-0.2, 0) is 0 Å². The predicted octanol–water partition coefficient (Wildman–Crippen LogP) is 3.93. The Hall–Kier alpha value is -1.07. The first kappa shape index (κ1) is 12.4. The van der Waals surface area contributed by atoms with Crippen LogP contribution in [0, 0.1) is 6.92 Å². The number of aryl methyl sites for hydroxylation is 1. The second-order valence-electron chi connectivity index (χ2n) is 3.88. The van der Waals surface area contributed by atoms with Gasteiger partial charge < -0.3 is 9.67 Å². The van der Waals surface area contributed by atoms with Crippen molar-refractivity contribution >= 4 is 33.2 Å². The van der Waals surface area contributed by atoms with Gasteiger partial charge >= 0.3 is 5.97 Å². The van der Waals surface area contributed by atoms with Crippen LogP contribution in [0.3, 0.4) is 0 Å². The smallest absolute Gasteiger partial charge is 0.352 e. The summed E-state index contributed by atoms with van der Waals surface area (Å²) in [5, 5.41) is 9.14. The summed E-state index contributed by atoms with van der Waals surface area (Å²) in [6.07, 6.45) is 1.81. The lowest BCUT2D eigenvalue weighted by molar-refractivity contribution is 0.0684. The van der Waals surface area contributed by atoms with E-state index in [1.807, 2.05) is 26.1 Å². The van der Waals surface area contributed by atoms with Crippen LogP contribution in [-0.4, -0.2) is 15.6 Å². The van der Waals surface area contributed by atoms with Crippen LogP contribution in [0.1, 0.15) is 33.2 Å². The Morgan fingerprint density at radius 3 is 2.76 bits per heavy atom. The van der Waals surface area contributed by atoms with E-state index in [-0.39, 0.29) is 6.04 Å². The summed E-state index contributed by atoms with van der Waals surface area (Å²) in [4.78, 5) is 13.5. The van der Waals surface area contributed by atoms with E-state index in [4.69, 9.17) is 5.11 Å². The molecule has 17 heavy (non-hydrogen) atoms. The van der Waals surface area contributed by atoms with Crippen LogP contribution in [0.2, 0.25) is 0 Å². The van der Waals surface area contributed by atoms with E-state index in [1.165, 1.54) is 4.88 Å². The molecule has 0 aliphatic carbocycles. The van der Waals surface area contributed by atoms with E-state index in [0.29, 0.717) is 5.69 Å². The van der Waals surface area contributed by atoms with Crippen molar-refractivity contribution in [3.63, 3.8) is 0 Å². The number of carboxylic acids is 1. The zero-order valence-corrected chi connectivity index (χ0v) is 11.9. The van der Waals surface area contributed by atoms with E-state index in [1.54, 1.807) is 22.0 Å². The molecule has 1 unspecified atom stereocenters. The zero-order chi connectivity index (χ0) is 12.6. The van der Waals surface area contributed by atoms with Crippen molar-refractivity contribution in [2.45, 2.75) is 19.9 Å². The topological polar surface area (TPSA) is 42.2 Å². The zero-order valence-electron chi connectivity index (χ0n) is 9.48. The van der Waals surface area contributed by atoms with Gasteiger partial charge in [0.2, 0.25) is 0 Å². The average molecular weight is 314 g/mol. The fourth-order valence-electron chi connectivity index (χ4n) is 1.75. The minimum Gasteiger partial charge on any atom is -0.477 e. The Bertz CT molecular complexity index is 559. The number of rotatable bonds is 3. The van der Waals surface area contributed by atoms with E-state index in [9.17, 15) is 4.79 Å². The predicted molar refractivity (Wildman–Crippen MR) is 72.0 cm³/mol. The molecule has 0 aromatic carbocycles. The third-order valence-corrected chi connectivity index (χ3v) is 4.23. The summed E-state index contributed by atoms with van der Waals surface area (Å²) in [5.74, 6) is -0.907. The molecule has 0 aliphatic heterocycles. The number of carbonyl (C=O) groups is 1. The first-order chi connectivity index (χ1) is 7.99. The Morgan fingerprint density at radius 1 is 1.53 bits per heavy atom. The number of hydrogen-bond acceptors (Lipinski definition) is 2. The van der Waals surface area contributed by atoms with Crippen LogP contribution >= 0.6 is 27.3 Å². The molecule has 0 radical (unpaired) electrons. The molecule has 0 fully saturated rings. The van der Waals surface area contributed by atoms with E-state index < -0.39 is 5.97 Å². The lowest BCUT2D eigenvalue weighted by atomic mass is 10.2. The minimum absolute atomic E-state index is 0.0334. The van der Waals surface area contributed by atoms with Gasteiger partial charge in [0.15, 0.2) is 0 Å². The molecule has 0 saturated heterocycles. The monoisotopic (exact) mass is 313 g/mol. The molecule has 1 N–H and O–H groups in total. The first-order valence-electron chi connectivity index (χ1n) is 5.16. The molecule has 2 aromatic heterocycles. The average Bonchev–Trinajstić information content (AvgIpc) is 2.83. The van der Waals surface area contributed by atoms with Crippen molar-refractivity contribution in [3.8, 4) is 0 Å². The molecule has 5 heteroatoms. The second kappa shape index (κ2) is 4.66. The molecule has 0 amide bonds. The molecule has 90 valence electrons. The van der Waals surface area contributed by atoms with Gasteiger partial charge in [-0.15, -0.1) is 11.3 Å². The SMILES string of the molecule is Cc1ccc(C(C)n2cc(Br)cc2C(=O)O)s1. The highest BCUT2D eigenvalue weighted by Gasteiger charge is 2.18. The van der Waals surface area contributed by atoms with Crippen LogP contribution in [0.5, 0.6) is 0 Å². The van der Waals surface area contributed by atoms with Gasteiger partial charge in [-0.2, -0.15) is 0 Å². The number of thiophene rings is 1. The third kappa shape index (κ3) is 2.45. The molecule has 1 atom stereocenters. The van der Waals surface area contributed by atoms with Gasteiger partial charge in [0.1, 0.15) is 5.69 Å². The second-order valence-corrected chi connectivity index (χ2v) is 6.12. The summed E-state index contributed by atoms with van der Waals surface area (Å²) >= 11 is 5.01. The fraction of sp³-hybridized carbons (Fsp3) is 0.250. The highest BCUT2D eigenvalue weighted by atomic mass is 79.9. The van der Waals surface area contributed by atoms with Crippen LogP contribution in [0.4, 0.5) is 0 Å². The van der Waals surface area contributed by atoms with Crippen LogP contribution < -0.4 is 0 Å². The van der Waals surface area contributed by atoms with Crippen molar-refractivity contribution in [2.24, 2.45) is 0 Å². The molecule has 2 heterocycles. The molecule has 0 spiro atoms. The van der Waals surface area contributed by atoms with Gasteiger partial charge in [0, 0.05) is 20.4 Å². The molecule has 2 aromatic rings. The van der Waals surface area contributed by atoms with Gasteiger partial charge in [-0.05, 0) is 48.0 Å². The maximum absolute atomic E-state index is 11.1. The minimum atomic E-state index is -0.907. The van der Waals surface area contributed by atoms with Gasteiger partial charge in [0.25, 0.3) is 0 Å². The van der Waals surface area contributed by atoms with Crippen molar-refractivity contribution in [2.75, 3.05) is 0 Å². The lowest BCUT2D eigenvalue weighted by Gasteiger charge is -2.14. The van der Waals surface area contributed by atoms with Gasteiger partial charge in [-0.3, -0.25) is 0 Å². The van der Waals surface area contributed by atoms with E-state index in [0.717, 1.165) is 9.35 Å². The van der Waals surface area contributed by atoms with Crippen LogP contribution in [0.15, 0.2) is 28.9 Å². The number of halogens is 1. The number of carboxylic acid groups (broad SMARTS) is 1. The first-order valence-corrected chi connectivity index (χ1v) is 6.77. The highest BCUT2D eigenvalue weighted by molar-refractivity contribution is 9.10. The summed E-state index contributed by atoms with van der Waals surface area (Å²) in [6, 6.07) is 5.75. The molecule has 0 bridgehead atoms. The Morgan fingerprint density at radius 2 is 2.24 bits per heavy atom. The lowest BCUT2D eigenvalue weighted by Crippen LogP contribution is -2.11. The maximum Gasteiger partial charge on any atom is 0.352 e. The normalized spacial score (nSPS) is 12.6. The number of hydrogen-bond donors (Lipinski definition) is 1. The summed E-state index contributed by atoms with van der Waals surface area (Å²) in [7, 11) is 0. The highest BCUT2D eigenvalue weighted by Crippen LogP contribution is 2.29. The molecule has 0 aliphatic rings.